The Morgan fingerprint density at radius 1 is 1.10 bits per heavy atom. The van der Waals surface area contributed by atoms with Crippen LogP contribution in [0, 0.1) is 11.3 Å². The number of hydrogen-bond donors (Lipinski definition) is 3. The van der Waals surface area contributed by atoms with Crippen molar-refractivity contribution in [2.75, 3.05) is 17.2 Å². The van der Waals surface area contributed by atoms with Crippen molar-refractivity contribution in [2.45, 2.75) is 6.54 Å². The van der Waals surface area contributed by atoms with Gasteiger partial charge in [0.2, 0.25) is 5.88 Å². The molecule has 0 aliphatic carbocycles. The lowest BCUT2D eigenvalue weighted by Gasteiger charge is -2.19. The van der Waals surface area contributed by atoms with E-state index in [0.717, 1.165) is 27.4 Å². The number of aromatic nitrogens is 3. The zero-order valence-corrected chi connectivity index (χ0v) is 17.2. The number of thiazole rings is 1. The first-order chi connectivity index (χ1) is 15.2. The zero-order chi connectivity index (χ0) is 21.2. The molecule has 31 heavy (non-hydrogen) atoms. The summed E-state index contributed by atoms with van der Waals surface area (Å²) in [6.07, 6.45) is 0. The van der Waals surface area contributed by atoms with Gasteiger partial charge in [-0.1, -0.05) is 60.7 Å². The first-order valence-corrected chi connectivity index (χ1v) is 10.6. The summed E-state index contributed by atoms with van der Waals surface area (Å²) in [6, 6.07) is 21.8. The van der Waals surface area contributed by atoms with E-state index in [1.807, 2.05) is 66.0 Å². The van der Waals surface area contributed by atoms with Crippen LogP contribution in [0.3, 0.4) is 0 Å². The molecule has 0 atom stereocenters. The third-order valence-corrected chi connectivity index (χ3v) is 5.97. The first kappa shape index (κ1) is 18.9. The predicted molar refractivity (Wildman–Crippen MR) is 122 cm³/mol. The SMILES string of the molecule is N#Cc1c(NCc2csc(-c3ccccc3)n2)nn2c1NCC(c1ccccc1)=C2O. The highest BCUT2D eigenvalue weighted by Gasteiger charge is 2.26. The molecule has 5 rings (SSSR count). The highest BCUT2D eigenvalue weighted by atomic mass is 32.1. The van der Waals surface area contributed by atoms with Crippen LogP contribution in [-0.4, -0.2) is 26.4 Å². The van der Waals surface area contributed by atoms with Gasteiger partial charge in [-0.25, -0.2) is 4.98 Å². The first-order valence-electron chi connectivity index (χ1n) is 9.73. The van der Waals surface area contributed by atoms with E-state index in [1.54, 1.807) is 11.3 Å². The van der Waals surface area contributed by atoms with E-state index in [2.05, 4.69) is 26.8 Å². The number of benzene rings is 2. The molecular weight excluding hydrogens is 408 g/mol. The molecule has 8 heteroatoms. The van der Waals surface area contributed by atoms with Crippen molar-refractivity contribution < 1.29 is 5.11 Å². The summed E-state index contributed by atoms with van der Waals surface area (Å²) >= 11 is 1.57. The van der Waals surface area contributed by atoms with E-state index in [9.17, 15) is 10.4 Å². The van der Waals surface area contributed by atoms with E-state index < -0.39 is 0 Å². The largest absolute Gasteiger partial charge is 0.493 e. The maximum Gasteiger partial charge on any atom is 0.219 e. The average molecular weight is 427 g/mol. The van der Waals surface area contributed by atoms with Gasteiger partial charge in [0.05, 0.1) is 12.2 Å². The van der Waals surface area contributed by atoms with Crippen LogP contribution < -0.4 is 10.6 Å². The normalized spacial score (nSPS) is 12.7. The topological polar surface area (TPSA) is 98.8 Å². The molecule has 0 radical (unpaired) electrons. The van der Waals surface area contributed by atoms with Crippen LogP contribution in [0.2, 0.25) is 0 Å². The Hall–Kier alpha value is -4.09. The smallest absolute Gasteiger partial charge is 0.219 e. The third kappa shape index (κ3) is 3.52. The lowest BCUT2D eigenvalue weighted by molar-refractivity contribution is 0.458. The summed E-state index contributed by atoms with van der Waals surface area (Å²) < 4.78 is 1.38. The van der Waals surface area contributed by atoms with Crippen molar-refractivity contribution in [3.63, 3.8) is 0 Å². The number of aliphatic hydroxyl groups is 1. The zero-order valence-electron chi connectivity index (χ0n) is 16.4. The minimum absolute atomic E-state index is 0.0181. The van der Waals surface area contributed by atoms with E-state index in [-0.39, 0.29) is 5.88 Å². The molecule has 2 aromatic heterocycles. The van der Waals surface area contributed by atoms with Crippen molar-refractivity contribution in [3.05, 3.63) is 82.9 Å². The van der Waals surface area contributed by atoms with Crippen LogP contribution in [-0.2, 0) is 6.54 Å². The van der Waals surface area contributed by atoms with Crippen molar-refractivity contribution >= 4 is 34.4 Å². The third-order valence-electron chi connectivity index (χ3n) is 5.03. The lowest BCUT2D eigenvalue weighted by Crippen LogP contribution is -2.19. The Labute approximate surface area is 182 Å². The second-order valence-electron chi connectivity index (χ2n) is 6.98. The van der Waals surface area contributed by atoms with Gasteiger partial charge in [-0.2, -0.15) is 9.94 Å². The summed E-state index contributed by atoms with van der Waals surface area (Å²) in [7, 11) is 0. The average Bonchev–Trinajstić information content (AvgIpc) is 3.44. The molecule has 3 N–H and O–H groups in total. The molecule has 1 aliphatic rings. The van der Waals surface area contributed by atoms with Gasteiger partial charge >= 0.3 is 0 Å². The Morgan fingerprint density at radius 3 is 2.52 bits per heavy atom. The van der Waals surface area contributed by atoms with Gasteiger partial charge in [0, 0.05) is 23.1 Å². The molecule has 0 unspecified atom stereocenters. The van der Waals surface area contributed by atoms with Crippen molar-refractivity contribution in [1.82, 2.24) is 14.8 Å². The van der Waals surface area contributed by atoms with Crippen molar-refractivity contribution in [2.24, 2.45) is 0 Å². The van der Waals surface area contributed by atoms with Gasteiger partial charge in [-0.05, 0) is 5.56 Å². The van der Waals surface area contributed by atoms with Crippen LogP contribution in [0.4, 0.5) is 11.6 Å². The van der Waals surface area contributed by atoms with Gasteiger partial charge in [0.1, 0.15) is 16.6 Å². The van der Waals surface area contributed by atoms with Crippen molar-refractivity contribution in [1.29, 1.82) is 5.26 Å². The number of nitrogens with one attached hydrogen (secondary N) is 2. The second-order valence-corrected chi connectivity index (χ2v) is 7.84. The Bertz CT molecular complexity index is 1300. The van der Waals surface area contributed by atoms with Gasteiger partial charge in [0.15, 0.2) is 11.6 Å². The highest BCUT2D eigenvalue weighted by molar-refractivity contribution is 7.13. The second kappa shape index (κ2) is 7.97. The van der Waals surface area contributed by atoms with Gasteiger partial charge in [0.25, 0.3) is 0 Å². The fourth-order valence-electron chi connectivity index (χ4n) is 3.49. The molecule has 0 fully saturated rings. The number of fused-ring (bicyclic) bond motifs is 1. The summed E-state index contributed by atoms with van der Waals surface area (Å²) in [5.74, 6) is 0.898. The minimum atomic E-state index is 0.0181. The molecule has 0 amide bonds. The summed E-state index contributed by atoms with van der Waals surface area (Å²) in [5.41, 5.74) is 3.91. The summed E-state index contributed by atoms with van der Waals surface area (Å²) in [4.78, 5) is 4.66. The summed E-state index contributed by atoms with van der Waals surface area (Å²) in [5, 5.41) is 34.3. The maximum atomic E-state index is 10.8. The monoisotopic (exact) mass is 426 g/mol. The standard InChI is InChI=1S/C23H18N6OS/c24-11-18-20(25-12-17-14-31-22(27-17)16-9-5-2-6-10-16)28-29-21(18)26-13-19(23(29)30)15-7-3-1-4-8-15/h1-10,14,26,30H,12-13H2,(H,25,28). The molecule has 7 nitrogen and oxygen atoms in total. The number of aliphatic hydroxyl groups excluding tert-OH is 1. The Balaban J connectivity index is 1.40. The highest BCUT2D eigenvalue weighted by Crippen LogP contribution is 2.33. The molecular formula is C23H18N6OS. The molecule has 152 valence electrons. The Kier molecular flexibility index (Phi) is 4.86. The van der Waals surface area contributed by atoms with Crippen LogP contribution >= 0.6 is 11.3 Å². The molecule has 0 saturated carbocycles. The van der Waals surface area contributed by atoms with Crippen LogP contribution in [0.5, 0.6) is 0 Å². The number of rotatable bonds is 5. The van der Waals surface area contributed by atoms with E-state index in [4.69, 9.17) is 0 Å². The maximum absolute atomic E-state index is 10.8. The van der Waals surface area contributed by atoms with Gasteiger partial charge in [-0.15, -0.1) is 16.4 Å². The number of nitriles is 1. The fourth-order valence-corrected chi connectivity index (χ4v) is 4.32. The minimum Gasteiger partial charge on any atom is -0.493 e. The lowest BCUT2D eigenvalue weighted by atomic mass is 10.1. The predicted octanol–water partition coefficient (Wildman–Crippen LogP) is 4.80. The van der Waals surface area contributed by atoms with Gasteiger partial charge in [-0.3, -0.25) is 0 Å². The molecule has 0 saturated heterocycles. The number of hydrogen-bond acceptors (Lipinski definition) is 7. The number of nitrogens with zero attached hydrogens (tertiary/aromatic N) is 4. The fraction of sp³-hybridized carbons (Fsp3) is 0.0870. The van der Waals surface area contributed by atoms with E-state index in [1.165, 1.54) is 4.68 Å². The molecule has 1 aliphatic heterocycles. The summed E-state index contributed by atoms with van der Waals surface area (Å²) in [6.45, 7) is 0.826. The Morgan fingerprint density at radius 2 is 1.81 bits per heavy atom. The van der Waals surface area contributed by atoms with Crippen LogP contribution in [0.15, 0.2) is 66.0 Å². The van der Waals surface area contributed by atoms with E-state index >= 15 is 0 Å². The molecule has 3 heterocycles. The molecule has 0 bridgehead atoms. The molecule has 2 aromatic carbocycles. The van der Waals surface area contributed by atoms with Crippen LogP contribution in [0.25, 0.3) is 22.0 Å². The van der Waals surface area contributed by atoms with Crippen LogP contribution in [0.1, 0.15) is 16.8 Å². The van der Waals surface area contributed by atoms with Crippen molar-refractivity contribution in [3.8, 4) is 16.6 Å². The van der Waals surface area contributed by atoms with E-state index in [0.29, 0.717) is 30.3 Å². The van der Waals surface area contributed by atoms with Gasteiger partial charge < -0.3 is 15.7 Å². The molecule has 4 aromatic rings. The molecule has 0 spiro atoms. The number of anilines is 2. The quantitative estimate of drug-likeness (QED) is 0.424.